The van der Waals surface area contributed by atoms with Crippen LogP contribution in [0.5, 0.6) is 0 Å². The van der Waals surface area contributed by atoms with Crippen molar-refractivity contribution >= 4 is 36.4 Å². The minimum Gasteiger partial charge on any atom is -0.335 e. The lowest BCUT2D eigenvalue weighted by Crippen LogP contribution is -2.21. The molecule has 0 aliphatic carbocycles. The molecule has 1 aromatic carbocycles. The number of hydrogen-bond acceptors (Lipinski definition) is 2. The van der Waals surface area contributed by atoms with E-state index in [1.54, 1.807) is 0 Å². The highest BCUT2D eigenvalue weighted by Crippen LogP contribution is 2.15. The molecule has 1 N–H and O–H groups in total. The minimum absolute atomic E-state index is 0. The molecule has 0 spiro atoms. The lowest BCUT2D eigenvalue weighted by atomic mass is 10.1. The van der Waals surface area contributed by atoms with Gasteiger partial charge in [-0.1, -0.05) is 23.7 Å². The Kier molecular flexibility index (Phi) is 9.71. The zero-order valence-corrected chi connectivity index (χ0v) is 14.6. The van der Waals surface area contributed by atoms with E-state index in [1.807, 2.05) is 31.5 Å². The van der Waals surface area contributed by atoms with Crippen molar-refractivity contribution < 1.29 is 0 Å². The number of imidazole rings is 1. The largest absolute Gasteiger partial charge is 0.335 e. The Morgan fingerprint density at radius 3 is 2.48 bits per heavy atom. The average Bonchev–Trinajstić information content (AvgIpc) is 2.81. The first-order valence-corrected chi connectivity index (χ1v) is 7.01. The molecule has 0 aliphatic rings. The Bertz CT molecular complexity index is 511. The van der Waals surface area contributed by atoms with Crippen molar-refractivity contribution in [1.29, 1.82) is 0 Å². The smallest absolute Gasteiger partial charge is 0.105 e. The van der Waals surface area contributed by atoms with Crippen molar-refractivity contribution in [1.82, 2.24) is 14.9 Å². The monoisotopic (exact) mass is 349 g/mol. The molecule has 118 valence electrons. The lowest BCUT2D eigenvalue weighted by molar-refractivity contribution is 0.523. The summed E-state index contributed by atoms with van der Waals surface area (Å²) >= 11 is 5.89. The first-order valence-electron chi connectivity index (χ1n) is 6.63. The summed E-state index contributed by atoms with van der Waals surface area (Å²) in [5.41, 5.74) is 1.27. The first kappa shape index (κ1) is 20.3. The van der Waals surface area contributed by atoms with Gasteiger partial charge in [-0.3, -0.25) is 0 Å². The van der Waals surface area contributed by atoms with Crippen LogP contribution in [-0.2, 0) is 6.54 Å². The molecule has 2 aromatic rings. The van der Waals surface area contributed by atoms with E-state index in [-0.39, 0.29) is 24.8 Å². The van der Waals surface area contributed by atoms with Crippen molar-refractivity contribution in [2.75, 3.05) is 6.54 Å². The summed E-state index contributed by atoms with van der Waals surface area (Å²) in [6, 6.07) is 8.36. The first-order chi connectivity index (χ1) is 9.16. The second-order valence-corrected chi connectivity index (χ2v) is 5.19. The minimum atomic E-state index is 0. The summed E-state index contributed by atoms with van der Waals surface area (Å²) in [6.45, 7) is 6.20. The summed E-state index contributed by atoms with van der Waals surface area (Å²) in [7, 11) is 0. The fourth-order valence-corrected chi connectivity index (χ4v) is 2.20. The van der Waals surface area contributed by atoms with E-state index < -0.39 is 0 Å². The van der Waals surface area contributed by atoms with Crippen LogP contribution in [0.3, 0.4) is 0 Å². The number of aromatic nitrogens is 2. The van der Waals surface area contributed by atoms with E-state index in [0.717, 1.165) is 30.4 Å². The fraction of sp³-hybridized carbons (Fsp3) is 0.400. The van der Waals surface area contributed by atoms with Crippen LogP contribution in [0, 0.1) is 6.92 Å². The molecule has 0 radical (unpaired) electrons. The molecule has 6 heteroatoms. The van der Waals surface area contributed by atoms with Gasteiger partial charge in [0.2, 0.25) is 0 Å². The third-order valence-corrected chi connectivity index (χ3v) is 3.57. The molecule has 0 saturated heterocycles. The molecule has 1 aromatic heterocycles. The van der Waals surface area contributed by atoms with E-state index in [1.165, 1.54) is 5.56 Å². The maximum Gasteiger partial charge on any atom is 0.105 e. The van der Waals surface area contributed by atoms with Crippen LogP contribution in [0.2, 0.25) is 5.02 Å². The number of benzene rings is 1. The van der Waals surface area contributed by atoms with Crippen molar-refractivity contribution in [2.24, 2.45) is 0 Å². The lowest BCUT2D eigenvalue weighted by Gasteiger charge is -2.14. The third-order valence-electron chi connectivity index (χ3n) is 3.32. The number of aryl methyl sites for hydroxylation is 2. The number of rotatable bonds is 6. The number of nitrogens with zero attached hydrogens (tertiary/aromatic N) is 2. The van der Waals surface area contributed by atoms with Crippen molar-refractivity contribution in [3.8, 4) is 0 Å². The van der Waals surface area contributed by atoms with Gasteiger partial charge in [0.25, 0.3) is 0 Å². The Balaban J connectivity index is 0.00000200. The van der Waals surface area contributed by atoms with Gasteiger partial charge in [0, 0.05) is 30.0 Å². The SMILES string of the molecule is Cc1nccn1CCCNC(C)c1ccc(Cl)cc1.Cl.Cl. The predicted molar refractivity (Wildman–Crippen MR) is 93.9 cm³/mol. The zero-order valence-electron chi connectivity index (χ0n) is 12.3. The molecule has 0 aliphatic heterocycles. The number of nitrogens with one attached hydrogen (secondary N) is 1. The normalized spacial score (nSPS) is 11.4. The molecule has 3 nitrogen and oxygen atoms in total. The van der Waals surface area contributed by atoms with Crippen molar-refractivity contribution in [3.05, 3.63) is 53.1 Å². The number of hydrogen-bond donors (Lipinski definition) is 1. The summed E-state index contributed by atoms with van der Waals surface area (Å²) in [5.74, 6) is 1.07. The Morgan fingerprint density at radius 1 is 1.24 bits per heavy atom. The standard InChI is InChI=1S/C15H20ClN3.2ClH/c1-12(14-4-6-15(16)7-5-14)17-8-3-10-19-11-9-18-13(19)2;;/h4-7,9,11-12,17H,3,8,10H2,1-2H3;2*1H. The van der Waals surface area contributed by atoms with Crippen LogP contribution in [-0.4, -0.2) is 16.1 Å². The van der Waals surface area contributed by atoms with Crippen molar-refractivity contribution in [2.45, 2.75) is 32.9 Å². The predicted octanol–water partition coefficient (Wildman–Crippen LogP) is 4.43. The molecule has 1 heterocycles. The summed E-state index contributed by atoms with van der Waals surface area (Å²) < 4.78 is 2.18. The maximum absolute atomic E-state index is 5.89. The molecule has 0 fully saturated rings. The Morgan fingerprint density at radius 2 is 1.90 bits per heavy atom. The second kappa shape index (κ2) is 10.1. The van der Waals surface area contributed by atoms with Gasteiger partial charge in [0.15, 0.2) is 0 Å². The van der Waals surface area contributed by atoms with Gasteiger partial charge >= 0.3 is 0 Å². The van der Waals surface area contributed by atoms with Crippen LogP contribution in [0.1, 0.15) is 30.8 Å². The van der Waals surface area contributed by atoms with Gasteiger partial charge < -0.3 is 9.88 Å². The van der Waals surface area contributed by atoms with E-state index in [4.69, 9.17) is 11.6 Å². The van der Waals surface area contributed by atoms with Crippen LogP contribution >= 0.6 is 36.4 Å². The highest BCUT2D eigenvalue weighted by Gasteiger charge is 2.04. The zero-order chi connectivity index (χ0) is 13.7. The van der Waals surface area contributed by atoms with E-state index in [0.29, 0.717) is 6.04 Å². The van der Waals surface area contributed by atoms with E-state index in [2.05, 4.69) is 33.9 Å². The molecule has 0 amide bonds. The molecular weight excluding hydrogens is 329 g/mol. The summed E-state index contributed by atoms with van der Waals surface area (Å²) in [4.78, 5) is 4.22. The van der Waals surface area contributed by atoms with Crippen molar-refractivity contribution in [3.63, 3.8) is 0 Å². The molecule has 1 unspecified atom stereocenters. The molecule has 21 heavy (non-hydrogen) atoms. The maximum atomic E-state index is 5.89. The van der Waals surface area contributed by atoms with E-state index >= 15 is 0 Å². The molecule has 1 atom stereocenters. The van der Waals surface area contributed by atoms with Gasteiger partial charge in [-0.05, 0) is 44.5 Å². The molecule has 2 rings (SSSR count). The highest BCUT2D eigenvalue weighted by molar-refractivity contribution is 6.30. The van der Waals surface area contributed by atoms with Crippen LogP contribution in [0.4, 0.5) is 0 Å². The summed E-state index contributed by atoms with van der Waals surface area (Å²) in [6.07, 6.45) is 4.96. The van der Waals surface area contributed by atoms with Gasteiger partial charge in [0.05, 0.1) is 0 Å². The summed E-state index contributed by atoms with van der Waals surface area (Å²) in [5, 5.41) is 4.31. The Labute approximate surface area is 143 Å². The van der Waals surface area contributed by atoms with Crippen LogP contribution in [0.25, 0.3) is 0 Å². The molecule has 0 bridgehead atoms. The molecular formula is C15H22Cl3N3. The second-order valence-electron chi connectivity index (χ2n) is 4.75. The van der Waals surface area contributed by atoms with Gasteiger partial charge in [-0.25, -0.2) is 4.98 Å². The van der Waals surface area contributed by atoms with Gasteiger partial charge in [0.1, 0.15) is 5.82 Å². The fourth-order valence-electron chi connectivity index (χ4n) is 2.08. The van der Waals surface area contributed by atoms with Gasteiger partial charge in [-0.15, -0.1) is 24.8 Å². The molecule has 0 saturated carbocycles. The van der Waals surface area contributed by atoms with Gasteiger partial charge in [-0.2, -0.15) is 0 Å². The average molecular weight is 351 g/mol. The van der Waals surface area contributed by atoms with E-state index in [9.17, 15) is 0 Å². The third kappa shape index (κ3) is 6.27. The Hall–Kier alpha value is -0.740. The topological polar surface area (TPSA) is 29.9 Å². The van der Waals surface area contributed by atoms with Crippen LogP contribution in [0.15, 0.2) is 36.7 Å². The number of halogens is 3. The van der Waals surface area contributed by atoms with Crippen LogP contribution < -0.4 is 5.32 Å². The highest BCUT2D eigenvalue weighted by atomic mass is 35.5. The quantitative estimate of drug-likeness (QED) is 0.781.